The fourth-order valence-corrected chi connectivity index (χ4v) is 1.74. The van der Waals surface area contributed by atoms with Crippen molar-refractivity contribution in [3.8, 4) is 22.6 Å². The van der Waals surface area contributed by atoms with Gasteiger partial charge in [0.05, 0.1) is 13.2 Å². The van der Waals surface area contributed by atoms with Crippen LogP contribution in [0.15, 0.2) is 36.5 Å². The van der Waals surface area contributed by atoms with Crippen molar-refractivity contribution in [2.75, 3.05) is 6.61 Å². The Bertz CT molecular complexity index is 523. The van der Waals surface area contributed by atoms with E-state index in [4.69, 9.17) is 9.84 Å². The zero-order valence-electron chi connectivity index (χ0n) is 10.1. The molecule has 4 nitrogen and oxygen atoms in total. The topological polar surface area (TPSA) is 62.6 Å². The smallest absolute Gasteiger partial charge is 0.147 e. The number of aliphatic hydroxyl groups excluding tert-OH is 1. The molecule has 0 aliphatic rings. The van der Waals surface area contributed by atoms with Gasteiger partial charge in [0.1, 0.15) is 17.2 Å². The molecule has 18 heavy (non-hydrogen) atoms. The fourth-order valence-electron chi connectivity index (χ4n) is 1.74. The zero-order valence-corrected chi connectivity index (χ0v) is 10.1. The van der Waals surface area contributed by atoms with Gasteiger partial charge in [-0.2, -0.15) is 0 Å². The van der Waals surface area contributed by atoms with Gasteiger partial charge in [0.2, 0.25) is 0 Å². The number of rotatable bonds is 4. The number of aromatic nitrogens is 1. The van der Waals surface area contributed by atoms with E-state index >= 15 is 0 Å². The van der Waals surface area contributed by atoms with Crippen molar-refractivity contribution in [1.29, 1.82) is 0 Å². The minimum atomic E-state index is -0.281. The molecule has 0 amide bonds. The summed E-state index contributed by atoms with van der Waals surface area (Å²) in [6.07, 6.45) is 1.57. The van der Waals surface area contributed by atoms with Gasteiger partial charge in [-0.3, -0.25) is 4.98 Å². The van der Waals surface area contributed by atoms with E-state index in [0.29, 0.717) is 12.2 Å². The van der Waals surface area contributed by atoms with E-state index in [1.165, 1.54) is 0 Å². The summed E-state index contributed by atoms with van der Waals surface area (Å²) < 4.78 is 5.36. The largest absolute Gasteiger partial charge is 0.505 e. The highest BCUT2D eigenvalue weighted by Crippen LogP contribution is 2.31. The van der Waals surface area contributed by atoms with Crippen molar-refractivity contribution in [2.45, 2.75) is 13.5 Å². The van der Waals surface area contributed by atoms with Gasteiger partial charge in [-0.1, -0.05) is 12.1 Å². The number of ether oxygens (including phenoxy) is 1. The number of benzene rings is 1. The molecule has 4 heteroatoms. The highest BCUT2D eigenvalue weighted by Gasteiger charge is 2.09. The van der Waals surface area contributed by atoms with Gasteiger partial charge in [0, 0.05) is 11.8 Å². The van der Waals surface area contributed by atoms with Crippen molar-refractivity contribution < 1.29 is 14.9 Å². The Hall–Kier alpha value is -2.07. The summed E-state index contributed by atoms with van der Waals surface area (Å²) in [5.41, 5.74) is 1.78. The minimum Gasteiger partial charge on any atom is -0.505 e. The van der Waals surface area contributed by atoms with Gasteiger partial charge in [0.15, 0.2) is 0 Å². The van der Waals surface area contributed by atoms with Crippen LogP contribution in [-0.2, 0) is 6.61 Å². The van der Waals surface area contributed by atoms with Gasteiger partial charge in [-0.25, -0.2) is 0 Å². The lowest BCUT2D eigenvalue weighted by molar-refractivity contribution is 0.270. The molecule has 0 bridgehead atoms. The first kappa shape index (κ1) is 12.4. The predicted molar refractivity (Wildman–Crippen MR) is 68.4 cm³/mol. The lowest BCUT2D eigenvalue weighted by Gasteiger charge is -2.08. The molecule has 0 unspecified atom stereocenters. The molecule has 94 valence electrons. The molecule has 2 N–H and O–H groups in total. The molecule has 2 aromatic rings. The maximum atomic E-state index is 9.96. The molecule has 1 heterocycles. The van der Waals surface area contributed by atoms with Crippen molar-refractivity contribution in [3.05, 3.63) is 42.2 Å². The Labute approximate surface area is 106 Å². The Morgan fingerprint density at radius 2 is 1.89 bits per heavy atom. The summed E-state index contributed by atoms with van der Waals surface area (Å²) in [5, 5.41) is 19.0. The summed E-state index contributed by atoms with van der Waals surface area (Å²) >= 11 is 0. The van der Waals surface area contributed by atoms with Gasteiger partial charge >= 0.3 is 0 Å². The molecular formula is C14H15NO3. The molecule has 0 atom stereocenters. The molecule has 0 saturated carbocycles. The summed E-state index contributed by atoms with van der Waals surface area (Å²) in [5.74, 6) is 0.807. The van der Waals surface area contributed by atoms with Crippen LogP contribution in [0.4, 0.5) is 0 Å². The standard InChI is InChI=1S/C14H15NO3/c1-2-18-11-5-3-10(4-6-11)12-7-8-15-13(9-16)14(12)17/h3-8,16-17H,2,9H2,1H3. The quantitative estimate of drug-likeness (QED) is 0.868. The normalized spacial score (nSPS) is 10.3. The van der Waals surface area contributed by atoms with Crippen LogP contribution in [0.3, 0.4) is 0 Å². The Balaban J connectivity index is 2.36. The van der Waals surface area contributed by atoms with E-state index in [0.717, 1.165) is 11.3 Å². The van der Waals surface area contributed by atoms with Crippen molar-refractivity contribution in [3.63, 3.8) is 0 Å². The lowest BCUT2D eigenvalue weighted by atomic mass is 10.0. The number of pyridine rings is 1. The summed E-state index contributed by atoms with van der Waals surface area (Å²) in [6, 6.07) is 9.13. The van der Waals surface area contributed by atoms with E-state index in [1.54, 1.807) is 12.3 Å². The number of hydrogen-bond donors (Lipinski definition) is 2. The highest BCUT2D eigenvalue weighted by molar-refractivity contribution is 5.71. The molecule has 0 aliphatic carbocycles. The van der Waals surface area contributed by atoms with Gasteiger partial charge in [-0.05, 0) is 30.7 Å². The van der Waals surface area contributed by atoms with E-state index in [2.05, 4.69) is 4.98 Å². The maximum Gasteiger partial charge on any atom is 0.147 e. The van der Waals surface area contributed by atoms with Crippen LogP contribution < -0.4 is 4.74 Å². The molecule has 0 spiro atoms. The molecule has 0 radical (unpaired) electrons. The van der Waals surface area contributed by atoms with Gasteiger partial charge in [0.25, 0.3) is 0 Å². The van der Waals surface area contributed by atoms with Crippen molar-refractivity contribution in [1.82, 2.24) is 4.98 Å². The lowest BCUT2D eigenvalue weighted by Crippen LogP contribution is -1.93. The molecule has 1 aromatic heterocycles. The van der Waals surface area contributed by atoms with E-state index in [-0.39, 0.29) is 18.1 Å². The Morgan fingerprint density at radius 3 is 2.50 bits per heavy atom. The second kappa shape index (κ2) is 5.51. The van der Waals surface area contributed by atoms with Crippen molar-refractivity contribution in [2.24, 2.45) is 0 Å². The summed E-state index contributed by atoms with van der Waals surface area (Å²) in [6.45, 7) is 2.27. The monoisotopic (exact) mass is 245 g/mol. The molecule has 1 aromatic carbocycles. The Morgan fingerprint density at radius 1 is 1.17 bits per heavy atom. The average molecular weight is 245 g/mol. The first-order valence-corrected chi connectivity index (χ1v) is 5.77. The van der Waals surface area contributed by atoms with Gasteiger partial charge in [-0.15, -0.1) is 0 Å². The average Bonchev–Trinajstić information content (AvgIpc) is 2.41. The fraction of sp³-hybridized carbons (Fsp3) is 0.214. The zero-order chi connectivity index (χ0) is 13.0. The third-order valence-corrected chi connectivity index (χ3v) is 2.63. The van der Waals surface area contributed by atoms with Crippen LogP contribution in [0, 0.1) is 0 Å². The van der Waals surface area contributed by atoms with Crippen LogP contribution >= 0.6 is 0 Å². The molecule has 2 rings (SSSR count). The second-order valence-corrected chi connectivity index (χ2v) is 3.77. The molecule has 0 aliphatic heterocycles. The third-order valence-electron chi connectivity index (χ3n) is 2.63. The van der Waals surface area contributed by atoms with Crippen LogP contribution in [0.2, 0.25) is 0 Å². The summed E-state index contributed by atoms with van der Waals surface area (Å²) in [4.78, 5) is 3.91. The van der Waals surface area contributed by atoms with Crippen molar-refractivity contribution >= 4 is 0 Å². The molecular weight excluding hydrogens is 230 g/mol. The first-order chi connectivity index (χ1) is 8.76. The first-order valence-electron chi connectivity index (χ1n) is 5.77. The number of hydrogen-bond acceptors (Lipinski definition) is 4. The van der Waals surface area contributed by atoms with Crippen LogP contribution in [0.25, 0.3) is 11.1 Å². The SMILES string of the molecule is CCOc1ccc(-c2ccnc(CO)c2O)cc1. The Kier molecular flexibility index (Phi) is 3.79. The molecule has 0 fully saturated rings. The minimum absolute atomic E-state index is 0.0177. The number of nitrogens with zero attached hydrogens (tertiary/aromatic N) is 1. The highest BCUT2D eigenvalue weighted by atomic mass is 16.5. The van der Waals surface area contributed by atoms with Crippen LogP contribution in [-0.4, -0.2) is 21.8 Å². The summed E-state index contributed by atoms with van der Waals surface area (Å²) in [7, 11) is 0. The van der Waals surface area contributed by atoms with Crippen LogP contribution in [0.5, 0.6) is 11.5 Å². The van der Waals surface area contributed by atoms with Gasteiger partial charge < -0.3 is 14.9 Å². The maximum absolute atomic E-state index is 9.96. The van der Waals surface area contributed by atoms with Crippen LogP contribution in [0.1, 0.15) is 12.6 Å². The second-order valence-electron chi connectivity index (χ2n) is 3.77. The number of aromatic hydroxyl groups is 1. The number of aliphatic hydroxyl groups is 1. The van der Waals surface area contributed by atoms with E-state index in [9.17, 15) is 5.11 Å². The third kappa shape index (κ3) is 2.43. The predicted octanol–water partition coefficient (Wildman–Crippen LogP) is 2.35. The molecule has 0 saturated heterocycles. The van der Waals surface area contributed by atoms with E-state index < -0.39 is 0 Å². The van der Waals surface area contributed by atoms with E-state index in [1.807, 2.05) is 31.2 Å².